The van der Waals surface area contributed by atoms with Gasteiger partial charge in [-0.25, -0.2) is 13.2 Å². The van der Waals surface area contributed by atoms with Gasteiger partial charge in [0.15, 0.2) is 6.54 Å². The summed E-state index contributed by atoms with van der Waals surface area (Å²) in [6, 6.07) is 4.83. The fourth-order valence-electron chi connectivity index (χ4n) is 3.21. The van der Waals surface area contributed by atoms with Gasteiger partial charge in [0.05, 0.1) is 31.1 Å². The molecule has 1 aromatic carbocycles. The van der Waals surface area contributed by atoms with Gasteiger partial charge >= 0.3 is 6.03 Å². The number of amides is 3. The molecule has 9 heteroatoms. The molecule has 156 valence electrons. The van der Waals surface area contributed by atoms with Crippen molar-refractivity contribution in [3.05, 3.63) is 29.3 Å². The second-order valence-corrected chi connectivity index (χ2v) is 9.34. The van der Waals surface area contributed by atoms with E-state index in [2.05, 4.69) is 10.6 Å². The first kappa shape index (κ1) is 22.3. The Morgan fingerprint density at radius 1 is 1.21 bits per heavy atom. The third kappa shape index (κ3) is 5.76. The molecule has 0 saturated carbocycles. The smallest absolute Gasteiger partial charge is 0.321 e. The number of hydrogen-bond donors (Lipinski definition) is 3. The molecule has 3 N–H and O–H groups in total. The highest BCUT2D eigenvalue weighted by atomic mass is 32.2. The minimum atomic E-state index is -3.54. The molecule has 2 rings (SSSR count). The van der Waals surface area contributed by atoms with Gasteiger partial charge in [0, 0.05) is 6.04 Å². The van der Waals surface area contributed by atoms with E-state index in [-0.39, 0.29) is 18.5 Å². The van der Waals surface area contributed by atoms with Crippen LogP contribution >= 0.6 is 0 Å². The molecule has 0 radical (unpaired) electrons. The molecule has 28 heavy (non-hydrogen) atoms. The lowest BCUT2D eigenvalue weighted by Crippen LogP contribution is -3.15. The maximum absolute atomic E-state index is 12.9. The van der Waals surface area contributed by atoms with E-state index >= 15 is 0 Å². The number of benzene rings is 1. The van der Waals surface area contributed by atoms with E-state index in [1.54, 1.807) is 19.1 Å². The summed E-state index contributed by atoms with van der Waals surface area (Å²) in [5, 5.41) is 5.02. The standard InChI is InChI=1S/C19H30N4O4S/c1-5-16(4)20-19(25)21-18(24)13-22-8-10-23(11-9-22)28(26,27)17-7-6-14(2)12-15(17)3/h6-7,12,16H,5,8-11,13H2,1-4H3,(H2,20,21,24,25)/p+1/t16-/m1/s1. The lowest BCUT2D eigenvalue weighted by molar-refractivity contribution is -0.895. The summed E-state index contributed by atoms with van der Waals surface area (Å²) in [5.74, 6) is -0.360. The normalized spacial score (nSPS) is 17.1. The third-order valence-electron chi connectivity index (χ3n) is 5.03. The molecule has 1 atom stereocenters. The second kappa shape index (κ2) is 9.49. The van der Waals surface area contributed by atoms with Crippen molar-refractivity contribution in [1.82, 2.24) is 14.9 Å². The fraction of sp³-hybridized carbons (Fsp3) is 0.579. The fourth-order valence-corrected chi connectivity index (χ4v) is 4.85. The van der Waals surface area contributed by atoms with E-state index in [0.717, 1.165) is 22.4 Å². The van der Waals surface area contributed by atoms with Crippen LogP contribution in [0.1, 0.15) is 31.4 Å². The monoisotopic (exact) mass is 411 g/mol. The summed E-state index contributed by atoms with van der Waals surface area (Å²) in [4.78, 5) is 25.1. The van der Waals surface area contributed by atoms with Crippen LogP contribution in [0, 0.1) is 13.8 Å². The Morgan fingerprint density at radius 3 is 2.43 bits per heavy atom. The molecule has 8 nitrogen and oxygen atoms in total. The van der Waals surface area contributed by atoms with Crippen LogP contribution < -0.4 is 15.5 Å². The van der Waals surface area contributed by atoms with Gasteiger partial charge in [-0.15, -0.1) is 0 Å². The summed E-state index contributed by atoms with van der Waals surface area (Å²) in [7, 11) is -3.54. The molecule has 0 bridgehead atoms. The Hall–Kier alpha value is -1.97. The molecule has 0 unspecified atom stereocenters. The van der Waals surface area contributed by atoms with Gasteiger partial charge in [-0.05, 0) is 38.8 Å². The Bertz CT molecular complexity index is 817. The molecule has 1 aliphatic rings. The lowest BCUT2D eigenvalue weighted by Gasteiger charge is -2.31. The number of rotatable bonds is 6. The lowest BCUT2D eigenvalue weighted by atomic mass is 10.2. The highest BCUT2D eigenvalue weighted by Gasteiger charge is 2.32. The van der Waals surface area contributed by atoms with Crippen molar-refractivity contribution < 1.29 is 22.9 Å². The van der Waals surface area contributed by atoms with Crippen LogP contribution in [0.4, 0.5) is 4.79 Å². The number of nitrogens with one attached hydrogen (secondary N) is 3. The number of aryl methyl sites for hydroxylation is 2. The van der Waals surface area contributed by atoms with Gasteiger partial charge < -0.3 is 10.2 Å². The van der Waals surface area contributed by atoms with Crippen molar-refractivity contribution in [3.63, 3.8) is 0 Å². The van der Waals surface area contributed by atoms with Crippen LogP contribution in [0.25, 0.3) is 0 Å². The first-order chi connectivity index (χ1) is 13.1. The quantitative estimate of drug-likeness (QED) is 0.604. The van der Waals surface area contributed by atoms with Gasteiger partial charge in [-0.2, -0.15) is 4.31 Å². The highest BCUT2D eigenvalue weighted by molar-refractivity contribution is 7.89. The number of quaternary nitrogens is 1. The summed E-state index contributed by atoms with van der Waals surface area (Å²) in [6.07, 6.45) is 0.781. The van der Waals surface area contributed by atoms with Crippen LogP contribution in [0.2, 0.25) is 0 Å². The van der Waals surface area contributed by atoms with Gasteiger partial charge in [-0.3, -0.25) is 10.1 Å². The van der Waals surface area contributed by atoms with E-state index in [9.17, 15) is 18.0 Å². The Labute approximate surface area is 167 Å². The van der Waals surface area contributed by atoms with E-state index in [1.165, 1.54) is 4.31 Å². The van der Waals surface area contributed by atoms with Crippen molar-refractivity contribution >= 4 is 22.0 Å². The zero-order valence-electron chi connectivity index (χ0n) is 17.0. The molecule has 1 heterocycles. The summed E-state index contributed by atoms with van der Waals surface area (Å²) >= 11 is 0. The van der Waals surface area contributed by atoms with Gasteiger partial charge in [-0.1, -0.05) is 24.6 Å². The predicted molar refractivity (Wildman–Crippen MR) is 107 cm³/mol. The average molecular weight is 412 g/mol. The second-order valence-electron chi connectivity index (χ2n) is 7.43. The average Bonchev–Trinajstić information content (AvgIpc) is 2.61. The van der Waals surface area contributed by atoms with Crippen LogP contribution in [0.5, 0.6) is 0 Å². The van der Waals surface area contributed by atoms with Crippen molar-refractivity contribution in [2.45, 2.75) is 45.1 Å². The number of urea groups is 1. The maximum Gasteiger partial charge on any atom is 0.321 e. The zero-order valence-corrected chi connectivity index (χ0v) is 17.9. The Morgan fingerprint density at radius 2 is 1.86 bits per heavy atom. The molecule has 1 aromatic rings. The van der Waals surface area contributed by atoms with Crippen molar-refractivity contribution in [1.29, 1.82) is 0 Å². The summed E-state index contributed by atoms with van der Waals surface area (Å²) in [5.41, 5.74) is 1.76. The number of sulfonamides is 1. The molecular weight excluding hydrogens is 380 g/mol. The van der Waals surface area contributed by atoms with Gasteiger partial charge in [0.1, 0.15) is 0 Å². The molecule has 1 saturated heterocycles. The van der Waals surface area contributed by atoms with Crippen molar-refractivity contribution in [3.8, 4) is 0 Å². The molecule has 0 aromatic heterocycles. The van der Waals surface area contributed by atoms with E-state index in [1.807, 2.05) is 26.8 Å². The topological polar surface area (TPSA) is 100 Å². The van der Waals surface area contributed by atoms with Crippen molar-refractivity contribution in [2.75, 3.05) is 32.7 Å². The summed E-state index contributed by atoms with van der Waals surface area (Å²) < 4.78 is 27.3. The third-order valence-corrected chi connectivity index (χ3v) is 7.09. The van der Waals surface area contributed by atoms with E-state index in [0.29, 0.717) is 31.1 Å². The largest absolute Gasteiger partial charge is 0.335 e. The molecule has 3 amide bonds. The van der Waals surface area contributed by atoms with Gasteiger partial charge in [0.25, 0.3) is 5.91 Å². The molecule has 0 aliphatic carbocycles. The number of nitrogens with zero attached hydrogens (tertiary/aromatic N) is 1. The first-order valence-corrected chi connectivity index (χ1v) is 11.1. The van der Waals surface area contributed by atoms with Crippen LogP contribution in [0.15, 0.2) is 23.1 Å². The minimum absolute atomic E-state index is 0.000806. The molecular formula is C19H31N4O4S+. The minimum Gasteiger partial charge on any atom is -0.335 e. The highest BCUT2D eigenvalue weighted by Crippen LogP contribution is 2.20. The first-order valence-electron chi connectivity index (χ1n) is 9.64. The van der Waals surface area contributed by atoms with E-state index < -0.39 is 16.1 Å². The predicted octanol–water partition coefficient (Wildman–Crippen LogP) is -0.183. The van der Waals surface area contributed by atoms with Crippen LogP contribution in [0.3, 0.4) is 0 Å². The summed E-state index contributed by atoms with van der Waals surface area (Å²) in [6.45, 7) is 9.41. The number of piperazine rings is 1. The van der Waals surface area contributed by atoms with Gasteiger partial charge in [0.2, 0.25) is 10.0 Å². The Balaban J connectivity index is 1.88. The zero-order chi connectivity index (χ0) is 20.9. The van der Waals surface area contributed by atoms with E-state index in [4.69, 9.17) is 0 Å². The molecule has 1 aliphatic heterocycles. The number of carbonyl (C=O) groups is 2. The molecule has 1 fully saturated rings. The van der Waals surface area contributed by atoms with Crippen molar-refractivity contribution in [2.24, 2.45) is 0 Å². The number of hydrogen-bond acceptors (Lipinski definition) is 4. The molecule has 0 spiro atoms. The Kier molecular flexibility index (Phi) is 7.56. The number of carbonyl (C=O) groups excluding carboxylic acids is 2. The SMILES string of the molecule is CC[C@@H](C)NC(=O)NC(=O)C[NH+]1CCN(S(=O)(=O)c2ccc(C)cc2C)CC1. The van der Waals surface area contributed by atoms with Crippen LogP contribution in [-0.2, 0) is 14.8 Å². The van der Waals surface area contributed by atoms with Crippen LogP contribution in [-0.4, -0.2) is 63.4 Å². The maximum atomic E-state index is 12.9. The number of imide groups is 1.